The normalized spacial score (nSPS) is 28.7. The van der Waals surface area contributed by atoms with E-state index in [4.69, 9.17) is 0 Å². The Labute approximate surface area is 124 Å². The van der Waals surface area contributed by atoms with Crippen LogP contribution in [0.4, 0.5) is 11.5 Å². The molecule has 0 aliphatic carbocycles. The minimum Gasteiger partial charge on any atom is -0.370 e. The van der Waals surface area contributed by atoms with Crippen molar-refractivity contribution >= 4 is 17.4 Å². The van der Waals surface area contributed by atoms with Gasteiger partial charge in [-0.2, -0.15) is 5.10 Å². The van der Waals surface area contributed by atoms with Gasteiger partial charge >= 0.3 is 0 Å². The van der Waals surface area contributed by atoms with E-state index in [0.717, 1.165) is 45.0 Å². The molecule has 0 aromatic carbocycles. The van der Waals surface area contributed by atoms with Crippen molar-refractivity contribution in [2.75, 3.05) is 42.5 Å². The molecule has 3 aliphatic heterocycles. The fourth-order valence-corrected chi connectivity index (χ4v) is 3.80. The molecule has 6 heteroatoms. The second-order valence-electron chi connectivity index (χ2n) is 6.31. The average molecular weight is 287 g/mol. The summed E-state index contributed by atoms with van der Waals surface area (Å²) in [5, 5.41) is 11.5. The summed E-state index contributed by atoms with van der Waals surface area (Å²) in [4.78, 5) is 16.4. The van der Waals surface area contributed by atoms with Crippen molar-refractivity contribution in [1.82, 2.24) is 15.5 Å². The molecule has 0 bridgehead atoms. The second kappa shape index (κ2) is 5.16. The van der Waals surface area contributed by atoms with E-state index >= 15 is 0 Å². The van der Waals surface area contributed by atoms with E-state index in [1.807, 2.05) is 6.20 Å². The maximum Gasteiger partial charge on any atom is 0.223 e. The van der Waals surface area contributed by atoms with Crippen molar-refractivity contribution < 1.29 is 4.79 Å². The summed E-state index contributed by atoms with van der Waals surface area (Å²) in [6.07, 6.45) is 5.31. The highest BCUT2D eigenvalue weighted by atomic mass is 16.2. The Balaban J connectivity index is 1.51. The first-order valence-electron chi connectivity index (χ1n) is 7.91. The van der Waals surface area contributed by atoms with Gasteiger partial charge in [0.25, 0.3) is 0 Å². The SMILES string of the molecule is O=C1NC[C@@H]2CN(c3cc(N4CCCC4)cnn3)CC[C@H]12. The standard InChI is InChI=1S/C15H21N5O/c21-15-13-3-6-20(10-11(13)8-16-15)14-7-12(9-17-18-14)19-4-1-2-5-19/h7,9,11,13H,1-6,8,10H2,(H,16,21)/t11-,13+/m1/s1. The molecular formula is C15H21N5O. The number of carbonyl (C=O) groups is 1. The van der Waals surface area contributed by atoms with E-state index in [9.17, 15) is 4.79 Å². The molecule has 112 valence electrons. The number of aromatic nitrogens is 2. The molecule has 1 aromatic rings. The van der Waals surface area contributed by atoms with Gasteiger partial charge in [0.1, 0.15) is 0 Å². The van der Waals surface area contributed by atoms with Crippen LogP contribution >= 0.6 is 0 Å². The van der Waals surface area contributed by atoms with Crippen molar-refractivity contribution in [2.24, 2.45) is 11.8 Å². The van der Waals surface area contributed by atoms with Gasteiger partial charge in [0.15, 0.2) is 5.82 Å². The van der Waals surface area contributed by atoms with Crippen LogP contribution in [0.15, 0.2) is 12.3 Å². The Morgan fingerprint density at radius 3 is 2.90 bits per heavy atom. The molecule has 21 heavy (non-hydrogen) atoms. The largest absolute Gasteiger partial charge is 0.370 e. The highest BCUT2D eigenvalue weighted by Gasteiger charge is 2.39. The van der Waals surface area contributed by atoms with Crippen LogP contribution in [-0.2, 0) is 4.79 Å². The molecule has 0 spiro atoms. The third-order valence-electron chi connectivity index (χ3n) is 5.03. The zero-order valence-corrected chi connectivity index (χ0v) is 12.2. The van der Waals surface area contributed by atoms with Gasteiger partial charge in [-0.3, -0.25) is 4.79 Å². The monoisotopic (exact) mass is 287 g/mol. The number of fused-ring (bicyclic) bond motifs is 1. The Morgan fingerprint density at radius 1 is 1.19 bits per heavy atom. The molecule has 0 saturated carbocycles. The molecule has 1 N–H and O–H groups in total. The molecule has 3 saturated heterocycles. The predicted molar refractivity (Wildman–Crippen MR) is 80.3 cm³/mol. The van der Waals surface area contributed by atoms with Gasteiger partial charge in [-0.25, -0.2) is 0 Å². The van der Waals surface area contributed by atoms with Crippen molar-refractivity contribution in [2.45, 2.75) is 19.3 Å². The number of carbonyl (C=O) groups excluding carboxylic acids is 1. The van der Waals surface area contributed by atoms with E-state index < -0.39 is 0 Å². The van der Waals surface area contributed by atoms with E-state index in [1.165, 1.54) is 18.5 Å². The summed E-state index contributed by atoms with van der Waals surface area (Å²) in [7, 11) is 0. The van der Waals surface area contributed by atoms with Crippen LogP contribution in [0.1, 0.15) is 19.3 Å². The van der Waals surface area contributed by atoms with E-state index in [1.54, 1.807) is 0 Å². The number of rotatable bonds is 2. The van der Waals surface area contributed by atoms with Gasteiger partial charge in [0, 0.05) is 50.6 Å². The number of piperidine rings is 1. The van der Waals surface area contributed by atoms with Crippen LogP contribution in [0.25, 0.3) is 0 Å². The lowest BCUT2D eigenvalue weighted by atomic mass is 9.88. The Bertz CT molecular complexity index is 543. The van der Waals surface area contributed by atoms with Gasteiger partial charge in [0.05, 0.1) is 11.9 Å². The number of amides is 1. The summed E-state index contributed by atoms with van der Waals surface area (Å²) in [6, 6.07) is 2.16. The molecule has 2 atom stereocenters. The molecule has 4 rings (SSSR count). The fourth-order valence-electron chi connectivity index (χ4n) is 3.80. The lowest BCUT2D eigenvalue weighted by molar-refractivity contribution is -0.123. The first kappa shape index (κ1) is 12.9. The van der Waals surface area contributed by atoms with Crippen molar-refractivity contribution in [1.29, 1.82) is 0 Å². The van der Waals surface area contributed by atoms with Gasteiger partial charge in [-0.15, -0.1) is 5.10 Å². The highest BCUT2D eigenvalue weighted by Crippen LogP contribution is 2.31. The number of nitrogens with one attached hydrogen (secondary N) is 1. The van der Waals surface area contributed by atoms with Crippen LogP contribution in [0.2, 0.25) is 0 Å². The summed E-state index contributed by atoms with van der Waals surface area (Å²) < 4.78 is 0. The van der Waals surface area contributed by atoms with Crippen LogP contribution in [0.5, 0.6) is 0 Å². The van der Waals surface area contributed by atoms with Gasteiger partial charge < -0.3 is 15.1 Å². The summed E-state index contributed by atoms with van der Waals surface area (Å²) >= 11 is 0. The molecule has 3 aliphatic rings. The Kier molecular flexibility index (Phi) is 3.16. The van der Waals surface area contributed by atoms with E-state index in [0.29, 0.717) is 5.92 Å². The minimum atomic E-state index is 0.205. The molecule has 6 nitrogen and oxygen atoms in total. The molecular weight excluding hydrogens is 266 g/mol. The Hall–Kier alpha value is -1.85. The summed E-state index contributed by atoms with van der Waals surface area (Å²) in [5.41, 5.74) is 1.18. The quantitative estimate of drug-likeness (QED) is 0.865. The molecule has 1 aromatic heterocycles. The second-order valence-corrected chi connectivity index (χ2v) is 6.31. The maximum atomic E-state index is 11.7. The lowest BCUT2D eigenvalue weighted by Gasteiger charge is -2.34. The molecule has 3 fully saturated rings. The fraction of sp³-hybridized carbons (Fsp3) is 0.667. The van der Waals surface area contributed by atoms with Crippen molar-refractivity contribution in [3.05, 3.63) is 12.3 Å². The predicted octanol–water partition coefficient (Wildman–Crippen LogP) is 0.649. The van der Waals surface area contributed by atoms with Crippen LogP contribution in [0.3, 0.4) is 0 Å². The average Bonchev–Trinajstić information content (AvgIpc) is 3.18. The number of hydrogen-bond acceptors (Lipinski definition) is 5. The van der Waals surface area contributed by atoms with E-state index in [-0.39, 0.29) is 11.8 Å². The first-order valence-corrected chi connectivity index (χ1v) is 7.91. The third kappa shape index (κ3) is 2.32. The molecule has 4 heterocycles. The number of anilines is 2. The highest BCUT2D eigenvalue weighted by molar-refractivity contribution is 5.81. The van der Waals surface area contributed by atoms with Gasteiger partial charge in [-0.05, 0) is 19.3 Å². The van der Waals surface area contributed by atoms with Crippen LogP contribution in [0, 0.1) is 11.8 Å². The first-order chi connectivity index (χ1) is 10.3. The van der Waals surface area contributed by atoms with Crippen molar-refractivity contribution in [3.63, 3.8) is 0 Å². The smallest absolute Gasteiger partial charge is 0.223 e. The van der Waals surface area contributed by atoms with E-state index in [2.05, 4.69) is 31.4 Å². The zero-order chi connectivity index (χ0) is 14.2. The number of nitrogens with zero attached hydrogens (tertiary/aromatic N) is 4. The molecule has 0 unspecified atom stereocenters. The van der Waals surface area contributed by atoms with Crippen LogP contribution in [-0.4, -0.2) is 48.8 Å². The Morgan fingerprint density at radius 2 is 2.05 bits per heavy atom. The maximum absolute atomic E-state index is 11.7. The summed E-state index contributed by atoms with van der Waals surface area (Å²) in [6.45, 7) is 4.84. The topological polar surface area (TPSA) is 61.4 Å². The summed E-state index contributed by atoms with van der Waals surface area (Å²) in [5.74, 6) is 1.81. The minimum absolute atomic E-state index is 0.205. The van der Waals surface area contributed by atoms with Gasteiger partial charge in [-0.1, -0.05) is 0 Å². The van der Waals surface area contributed by atoms with Crippen molar-refractivity contribution in [3.8, 4) is 0 Å². The lowest BCUT2D eigenvalue weighted by Crippen LogP contribution is -2.41. The van der Waals surface area contributed by atoms with Gasteiger partial charge in [0.2, 0.25) is 5.91 Å². The third-order valence-corrected chi connectivity index (χ3v) is 5.03. The molecule has 0 radical (unpaired) electrons. The molecule has 1 amide bonds. The number of hydrogen-bond donors (Lipinski definition) is 1. The zero-order valence-electron chi connectivity index (χ0n) is 12.2. The van der Waals surface area contributed by atoms with Crippen LogP contribution < -0.4 is 15.1 Å².